The molecule has 3 heterocycles. The summed E-state index contributed by atoms with van der Waals surface area (Å²) in [5.41, 5.74) is 4.77. The molecule has 38 heavy (non-hydrogen) atoms. The van der Waals surface area contributed by atoms with Crippen molar-refractivity contribution in [1.29, 1.82) is 0 Å². The molecule has 0 unspecified atom stereocenters. The number of rotatable bonds is 17. The SMILES string of the molecule is CCCN(Cc1ccc(CN(CCNCc2ccccn2)CCNCc2ccccn2)cc1)n1ccnc1. The number of imidazole rings is 1. The number of nitrogens with one attached hydrogen (secondary N) is 2. The van der Waals surface area contributed by atoms with Crippen molar-refractivity contribution in [1.82, 2.24) is 35.2 Å². The summed E-state index contributed by atoms with van der Waals surface area (Å²) in [6.07, 6.45) is 10.5. The standard InChI is InChI=1S/C30H40N8/c1-2-18-37(38-21-17-33-26-38)25-28-11-9-27(10-12-28)24-36(19-15-31-22-29-7-3-5-13-34-29)20-16-32-23-30-8-4-6-14-35-30/h3-14,17,21,26,31-32H,2,15-16,18-20,22-25H2,1H3. The molecule has 4 aromatic rings. The van der Waals surface area contributed by atoms with Gasteiger partial charge in [0.05, 0.1) is 17.9 Å². The summed E-state index contributed by atoms with van der Waals surface area (Å²) in [6.45, 7) is 10.3. The molecule has 0 fully saturated rings. The Morgan fingerprint density at radius 2 is 1.32 bits per heavy atom. The lowest BCUT2D eigenvalue weighted by atomic mass is 10.1. The van der Waals surface area contributed by atoms with Crippen molar-refractivity contribution in [3.8, 4) is 0 Å². The molecule has 0 spiro atoms. The smallest absolute Gasteiger partial charge is 0.114 e. The topological polar surface area (TPSA) is 74.1 Å². The van der Waals surface area contributed by atoms with Gasteiger partial charge in [0.15, 0.2) is 0 Å². The summed E-state index contributed by atoms with van der Waals surface area (Å²) in [7, 11) is 0. The van der Waals surface area contributed by atoms with E-state index in [4.69, 9.17) is 0 Å². The van der Waals surface area contributed by atoms with E-state index in [1.165, 1.54) is 11.1 Å². The first-order valence-corrected chi connectivity index (χ1v) is 13.5. The molecule has 1 aromatic carbocycles. The molecular weight excluding hydrogens is 472 g/mol. The summed E-state index contributed by atoms with van der Waals surface area (Å²) < 4.78 is 2.08. The average Bonchev–Trinajstić information content (AvgIpc) is 3.50. The van der Waals surface area contributed by atoms with Gasteiger partial charge in [-0.2, -0.15) is 0 Å². The van der Waals surface area contributed by atoms with Crippen molar-refractivity contribution in [3.63, 3.8) is 0 Å². The van der Waals surface area contributed by atoms with Gasteiger partial charge in [0.2, 0.25) is 0 Å². The second-order valence-corrected chi connectivity index (χ2v) is 9.42. The minimum absolute atomic E-state index is 0.784. The monoisotopic (exact) mass is 512 g/mol. The zero-order chi connectivity index (χ0) is 26.3. The molecule has 0 amide bonds. The molecule has 8 nitrogen and oxygen atoms in total. The number of benzene rings is 1. The third kappa shape index (κ3) is 9.37. The van der Waals surface area contributed by atoms with Crippen LogP contribution in [0.15, 0.2) is 91.8 Å². The predicted molar refractivity (Wildman–Crippen MR) is 153 cm³/mol. The maximum absolute atomic E-state index is 4.41. The Balaban J connectivity index is 1.29. The van der Waals surface area contributed by atoms with E-state index in [-0.39, 0.29) is 0 Å². The normalized spacial score (nSPS) is 11.2. The molecule has 8 heteroatoms. The molecule has 200 valence electrons. The number of hydrogen-bond donors (Lipinski definition) is 2. The van der Waals surface area contributed by atoms with Crippen LogP contribution in [0.25, 0.3) is 0 Å². The van der Waals surface area contributed by atoms with E-state index in [1.807, 2.05) is 55.4 Å². The third-order valence-corrected chi connectivity index (χ3v) is 6.37. The lowest BCUT2D eigenvalue weighted by Crippen LogP contribution is -2.36. The van der Waals surface area contributed by atoms with Crippen molar-refractivity contribution in [2.24, 2.45) is 0 Å². The van der Waals surface area contributed by atoms with Gasteiger partial charge in [0.1, 0.15) is 6.33 Å². The molecular formula is C30H40N8. The molecule has 2 N–H and O–H groups in total. The Kier molecular flexibility index (Phi) is 11.3. The highest BCUT2D eigenvalue weighted by atomic mass is 15.5. The Morgan fingerprint density at radius 1 is 0.711 bits per heavy atom. The van der Waals surface area contributed by atoms with E-state index in [0.29, 0.717) is 0 Å². The Labute approximate surface area is 226 Å². The Hall–Kier alpha value is -3.59. The van der Waals surface area contributed by atoms with Crippen LogP contribution >= 0.6 is 0 Å². The van der Waals surface area contributed by atoms with E-state index >= 15 is 0 Å². The fourth-order valence-corrected chi connectivity index (χ4v) is 4.36. The zero-order valence-electron chi connectivity index (χ0n) is 22.4. The van der Waals surface area contributed by atoms with E-state index in [9.17, 15) is 0 Å². The first kappa shape index (κ1) is 27.4. The predicted octanol–water partition coefficient (Wildman–Crippen LogP) is 3.60. The highest BCUT2D eigenvalue weighted by Crippen LogP contribution is 2.10. The van der Waals surface area contributed by atoms with Crippen LogP contribution < -0.4 is 15.6 Å². The van der Waals surface area contributed by atoms with Gasteiger partial charge in [-0.1, -0.05) is 43.3 Å². The van der Waals surface area contributed by atoms with Crippen molar-refractivity contribution in [3.05, 3.63) is 114 Å². The van der Waals surface area contributed by atoms with Gasteiger partial charge in [-0.25, -0.2) is 4.98 Å². The van der Waals surface area contributed by atoms with Gasteiger partial charge < -0.3 is 15.6 Å². The van der Waals surface area contributed by atoms with Crippen molar-refractivity contribution >= 4 is 0 Å². The summed E-state index contributed by atoms with van der Waals surface area (Å²) in [5.74, 6) is 0. The lowest BCUT2D eigenvalue weighted by molar-refractivity contribution is 0.263. The molecule has 0 bridgehead atoms. The van der Waals surface area contributed by atoms with Crippen molar-refractivity contribution < 1.29 is 0 Å². The van der Waals surface area contributed by atoms with Gasteiger partial charge in [0.25, 0.3) is 0 Å². The molecule has 0 saturated carbocycles. The van der Waals surface area contributed by atoms with Crippen LogP contribution in [0.3, 0.4) is 0 Å². The molecule has 0 aliphatic carbocycles. The minimum atomic E-state index is 0.784. The van der Waals surface area contributed by atoms with Gasteiger partial charge in [-0.15, -0.1) is 0 Å². The van der Waals surface area contributed by atoms with Crippen LogP contribution in [0.5, 0.6) is 0 Å². The second kappa shape index (κ2) is 15.6. The number of aromatic nitrogens is 4. The molecule has 0 radical (unpaired) electrons. The maximum atomic E-state index is 4.41. The highest BCUT2D eigenvalue weighted by molar-refractivity contribution is 5.24. The molecule has 0 saturated heterocycles. The van der Waals surface area contributed by atoms with E-state index < -0.39 is 0 Å². The summed E-state index contributed by atoms with van der Waals surface area (Å²) >= 11 is 0. The van der Waals surface area contributed by atoms with Crippen molar-refractivity contribution in [2.45, 2.75) is 39.5 Å². The van der Waals surface area contributed by atoms with E-state index in [2.05, 4.69) is 83.5 Å². The average molecular weight is 513 g/mol. The van der Waals surface area contributed by atoms with Gasteiger partial charge >= 0.3 is 0 Å². The number of pyridine rings is 2. The highest BCUT2D eigenvalue weighted by Gasteiger charge is 2.09. The van der Waals surface area contributed by atoms with Crippen LogP contribution in [-0.4, -0.2) is 57.3 Å². The van der Waals surface area contributed by atoms with Crippen LogP contribution in [0, 0.1) is 0 Å². The first-order chi connectivity index (χ1) is 18.8. The van der Waals surface area contributed by atoms with Crippen LogP contribution in [0.4, 0.5) is 0 Å². The summed E-state index contributed by atoms with van der Waals surface area (Å²) in [5, 5.41) is 9.40. The van der Waals surface area contributed by atoms with Crippen LogP contribution in [0.1, 0.15) is 35.9 Å². The third-order valence-electron chi connectivity index (χ3n) is 6.37. The minimum Gasteiger partial charge on any atom is -0.310 e. The van der Waals surface area contributed by atoms with Gasteiger partial charge in [-0.05, 0) is 41.8 Å². The van der Waals surface area contributed by atoms with Gasteiger partial charge in [0, 0.05) is 77.1 Å². The van der Waals surface area contributed by atoms with Crippen molar-refractivity contribution in [2.75, 3.05) is 37.7 Å². The van der Waals surface area contributed by atoms with E-state index in [1.54, 1.807) is 0 Å². The number of hydrogen-bond acceptors (Lipinski definition) is 7. The summed E-state index contributed by atoms with van der Waals surface area (Å²) in [4.78, 5) is 15.5. The zero-order valence-corrected chi connectivity index (χ0v) is 22.4. The second-order valence-electron chi connectivity index (χ2n) is 9.42. The van der Waals surface area contributed by atoms with Crippen LogP contribution in [0.2, 0.25) is 0 Å². The summed E-state index contributed by atoms with van der Waals surface area (Å²) in [6, 6.07) is 21.1. The quantitative estimate of drug-likeness (QED) is 0.209. The molecule has 0 aliphatic rings. The first-order valence-electron chi connectivity index (χ1n) is 13.5. The maximum Gasteiger partial charge on any atom is 0.114 e. The number of nitrogens with zero attached hydrogens (tertiary/aromatic N) is 6. The van der Waals surface area contributed by atoms with Crippen LogP contribution in [-0.2, 0) is 26.2 Å². The largest absolute Gasteiger partial charge is 0.310 e. The fraction of sp³-hybridized carbons (Fsp3) is 0.367. The van der Waals surface area contributed by atoms with E-state index in [0.717, 1.165) is 76.7 Å². The fourth-order valence-electron chi connectivity index (χ4n) is 4.36. The molecule has 3 aromatic heterocycles. The lowest BCUT2D eigenvalue weighted by Gasteiger charge is -2.25. The van der Waals surface area contributed by atoms with Gasteiger partial charge in [-0.3, -0.25) is 19.5 Å². The molecule has 4 rings (SSSR count). The molecule has 0 atom stereocenters. The Bertz CT molecular complexity index is 1090. The Morgan fingerprint density at radius 3 is 1.82 bits per heavy atom. The molecule has 0 aliphatic heterocycles.